The SMILES string of the molecule is CCCCCCCCCCCCCCCCOC[C@H](COP(=O)([O-])OCC[N+](C)(C)C)OC(=O)CCCC(=O)[O-]. The summed E-state index contributed by atoms with van der Waals surface area (Å²) in [6, 6.07) is 0. The summed E-state index contributed by atoms with van der Waals surface area (Å²) in [7, 11) is 1.14. The standard InChI is InChI=1S/C29H58NO9P/c1-5-6-7-8-9-10-11-12-13-14-15-16-17-18-23-36-25-27(39-29(33)21-19-20-28(31)32)26-38-40(34,35)37-24-22-30(2,3)4/h27H,5-26H2,1-4H3,(H-,31,32,34,35)/p-1/t27-/m1/s1. The van der Waals surface area contributed by atoms with Crippen LogP contribution in [0.2, 0.25) is 0 Å². The largest absolute Gasteiger partial charge is 0.756 e. The van der Waals surface area contributed by atoms with Gasteiger partial charge in [-0.15, -0.1) is 0 Å². The van der Waals surface area contributed by atoms with E-state index in [0.717, 1.165) is 19.3 Å². The first-order valence-electron chi connectivity index (χ1n) is 15.3. The van der Waals surface area contributed by atoms with Gasteiger partial charge in [0.2, 0.25) is 0 Å². The molecule has 0 aliphatic rings. The minimum Gasteiger partial charge on any atom is -0.756 e. The van der Waals surface area contributed by atoms with Gasteiger partial charge in [-0.1, -0.05) is 90.4 Å². The van der Waals surface area contributed by atoms with Crippen LogP contribution in [0, 0.1) is 0 Å². The number of aliphatic carboxylic acids is 1. The zero-order valence-electron chi connectivity index (χ0n) is 25.7. The number of likely N-dealkylation sites (N-methyl/N-ethyl adjacent to an activating group) is 1. The van der Waals surface area contributed by atoms with Crippen LogP contribution >= 0.6 is 7.82 Å². The molecule has 40 heavy (non-hydrogen) atoms. The molecule has 0 N–H and O–H groups in total. The van der Waals surface area contributed by atoms with Crippen LogP contribution in [-0.4, -0.2) is 76.6 Å². The first kappa shape index (κ1) is 39.0. The fourth-order valence-corrected chi connectivity index (χ4v) is 4.72. The average Bonchev–Trinajstić information content (AvgIpc) is 2.85. The van der Waals surface area contributed by atoms with E-state index in [-0.39, 0.29) is 32.5 Å². The highest BCUT2D eigenvalue weighted by Crippen LogP contribution is 2.38. The van der Waals surface area contributed by atoms with E-state index in [1.54, 1.807) is 0 Å². The van der Waals surface area contributed by atoms with Crippen LogP contribution < -0.4 is 10.00 Å². The molecular weight excluding hydrogens is 537 g/mol. The molecule has 0 saturated heterocycles. The summed E-state index contributed by atoms with van der Waals surface area (Å²) in [5.74, 6) is -1.90. The quantitative estimate of drug-likeness (QED) is 0.0530. The van der Waals surface area contributed by atoms with Gasteiger partial charge in [-0.3, -0.25) is 9.36 Å². The van der Waals surface area contributed by atoms with Crippen LogP contribution in [0.4, 0.5) is 0 Å². The number of phosphoric acid groups is 1. The summed E-state index contributed by atoms with van der Waals surface area (Å²) < 4.78 is 33.4. The highest BCUT2D eigenvalue weighted by molar-refractivity contribution is 7.45. The second-order valence-electron chi connectivity index (χ2n) is 11.6. The van der Waals surface area contributed by atoms with Crippen molar-refractivity contribution in [2.24, 2.45) is 0 Å². The van der Waals surface area contributed by atoms with E-state index < -0.39 is 32.5 Å². The van der Waals surface area contributed by atoms with Gasteiger partial charge in [-0.2, -0.15) is 0 Å². The maximum absolute atomic E-state index is 12.1. The van der Waals surface area contributed by atoms with E-state index in [4.69, 9.17) is 18.5 Å². The molecule has 10 nitrogen and oxygen atoms in total. The lowest BCUT2D eigenvalue weighted by atomic mass is 10.0. The number of quaternary nitrogens is 1. The van der Waals surface area contributed by atoms with Crippen molar-refractivity contribution in [2.75, 3.05) is 54.1 Å². The molecule has 0 aromatic carbocycles. The van der Waals surface area contributed by atoms with Crippen molar-refractivity contribution < 1.29 is 47.2 Å². The van der Waals surface area contributed by atoms with Gasteiger partial charge in [0.25, 0.3) is 7.82 Å². The molecule has 0 bridgehead atoms. The van der Waals surface area contributed by atoms with Crippen molar-refractivity contribution in [1.29, 1.82) is 0 Å². The molecule has 0 heterocycles. The topological polar surface area (TPSA) is 134 Å². The molecule has 0 aliphatic heterocycles. The van der Waals surface area contributed by atoms with Crippen molar-refractivity contribution in [3.63, 3.8) is 0 Å². The Labute approximate surface area is 243 Å². The number of hydrogen-bond acceptors (Lipinski definition) is 9. The Balaban J connectivity index is 4.17. The number of carboxylic acids is 1. The van der Waals surface area contributed by atoms with Gasteiger partial charge in [-0.25, -0.2) is 0 Å². The minimum atomic E-state index is -4.58. The molecule has 1 unspecified atom stereocenters. The van der Waals surface area contributed by atoms with E-state index in [1.165, 1.54) is 70.6 Å². The Morgan fingerprint density at radius 3 is 1.75 bits per heavy atom. The van der Waals surface area contributed by atoms with Crippen molar-refractivity contribution in [3.05, 3.63) is 0 Å². The highest BCUT2D eigenvalue weighted by atomic mass is 31.2. The Hall–Kier alpha value is -1.03. The molecular formula is C29H57NO9P-. The summed E-state index contributed by atoms with van der Waals surface area (Å²) in [4.78, 5) is 34.7. The van der Waals surface area contributed by atoms with Crippen LogP contribution in [0.15, 0.2) is 0 Å². The number of carbonyl (C=O) groups excluding carboxylic acids is 2. The number of ether oxygens (including phenoxy) is 2. The first-order valence-corrected chi connectivity index (χ1v) is 16.8. The first-order chi connectivity index (χ1) is 18.9. The third kappa shape index (κ3) is 28.5. The van der Waals surface area contributed by atoms with E-state index in [0.29, 0.717) is 17.6 Å². The van der Waals surface area contributed by atoms with Gasteiger partial charge in [0, 0.05) is 19.0 Å². The van der Waals surface area contributed by atoms with E-state index >= 15 is 0 Å². The normalized spacial score (nSPS) is 14.1. The Morgan fingerprint density at radius 1 is 0.725 bits per heavy atom. The Morgan fingerprint density at radius 2 is 1.25 bits per heavy atom. The number of carboxylic acid groups (broad SMARTS) is 1. The lowest BCUT2D eigenvalue weighted by Crippen LogP contribution is -2.37. The summed E-state index contributed by atoms with van der Waals surface area (Å²) >= 11 is 0. The molecule has 0 amide bonds. The second kappa shape index (κ2) is 24.6. The molecule has 0 aromatic rings. The van der Waals surface area contributed by atoms with Gasteiger partial charge in [0.1, 0.15) is 19.3 Å². The number of esters is 1. The monoisotopic (exact) mass is 594 g/mol. The van der Waals surface area contributed by atoms with Gasteiger partial charge >= 0.3 is 5.97 Å². The predicted octanol–water partition coefficient (Wildman–Crippen LogP) is 4.52. The number of hydrogen-bond donors (Lipinski definition) is 0. The summed E-state index contributed by atoms with van der Waals surface area (Å²) in [5.41, 5.74) is 0. The van der Waals surface area contributed by atoms with Crippen LogP contribution in [0.3, 0.4) is 0 Å². The third-order valence-electron chi connectivity index (χ3n) is 6.44. The zero-order chi connectivity index (χ0) is 30.1. The van der Waals surface area contributed by atoms with Crippen molar-refractivity contribution >= 4 is 19.8 Å². The molecule has 0 radical (unpaired) electrons. The number of rotatable bonds is 29. The molecule has 0 aliphatic carbocycles. The van der Waals surface area contributed by atoms with Crippen LogP contribution in [0.5, 0.6) is 0 Å². The predicted molar refractivity (Wildman–Crippen MR) is 152 cm³/mol. The lowest BCUT2D eigenvalue weighted by molar-refractivity contribution is -0.870. The number of phosphoric ester groups is 1. The molecule has 238 valence electrons. The molecule has 0 aromatic heterocycles. The van der Waals surface area contributed by atoms with Crippen molar-refractivity contribution in [2.45, 2.75) is 122 Å². The summed E-state index contributed by atoms with van der Waals surface area (Å²) in [6.07, 6.45) is 16.3. The smallest absolute Gasteiger partial charge is 0.306 e. The van der Waals surface area contributed by atoms with E-state index in [2.05, 4.69) is 6.92 Å². The number of nitrogens with zero attached hydrogens (tertiary/aromatic N) is 1. The van der Waals surface area contributed by atoms with Crippen LogP contribution in [-0.2, 0) is 32.7 Å². The van der Waals surface area contributed by atoms with Gasteiger partial charge in [0.05, 0.1) is 34.4 Å². The molecule has 2 atom stereocenters. The molecule has 0 rings (SSSR count). The van der Waals surface area contributed by atoms with Crippen LogP contribution in [0.1, 0.15) is 116 Å². The lowest BCUT2D eigenvalue weighted by Gasteiger charge is -2.28. The van der Waals surface area contributed by atoms with Crippen LogP contribution in [0.25, 0.3) is 0 Å². The Kier molecular flexibility index (Phi) is 23.9. The minimum absolute atomic E-state index is 0.0243. The van der Waals surface area contributed by atoms with Crippen molar-refractivity contribution in [3.8, 4) is 0 Å². The van der Waals surface area contributed by atoms with E-state index in [9.17, 15) is 24.2 Å². The van der Waals surface area contributed by atoms with Gasteiger partial charge in [0.15, 0.2) is 0 Å². The zero-order valence-corrected chi connectivity index (χ0v) is 26.6. The molecule has 0 fully saturated rings. The maximum atomic E-state index is 12.1. The van der Waals surface area contributed by atoms with E-state index in [1.807, 2.05) is 21.1 Å². The summed E-state index contributed by atoms with van der Waals surface area (Å²) in [5, 5.41) is 10.6. The second-order valence-corrected chi connectivity index (χ2v) is 13.0. The number of unbranched alkanes of at least 4 members (excludes halogenated alkanes) is 13. The van der Waals surface area contributed by atoms with Gasteiger partial charge in [-0.05, 0) is 19.3 Å². The molecule has 0 spiro atoms. The maximum Gasteiger partial charge on any atom is 0.306 e. The molecule has 11 heteroatoms. The molecule has 0 saturated carbocycles. The number of carbonyl (C=O) groups is 2. The average molecular weight is 595 g/mol. The summed E-state index contributed by atoms with van der Waals surface area (Å²) in [6.45, 7) is 2.68. The van der Waals surface area contributed by atoms with Gasteiger partial charge < -0.3 is 37.8 Å². The van der Waals surface area contributed by atoms with Crippen molar-refractivity contribution in [1.82, 2.24) is 0 Å². The fraction of sp³-hybridized carbons (Fsp3) is 0.931. The third-order valence-corrected chi connectivity index (χ3v) is 7.40. The fourth-order valence-electron chi connectivity index (χ4n) is 3.99. The Bertz CT molecular complexity index is 685. The highest BCUT2D eigenvalue weighted by Gasteiger charge is 2.20.